The van der Waals surface area contributed by atoms with E-state index in [2.05, 4.69) is 28.7 Å². The summed E-state index contributed by atoms with van der Waals surface area (Å²) in [4.78, 5) is 11.1. The van der Waals surface area contributed by atoms with E-state index >= 15 is 0 Å². The van der Waals surface area contributed by atoms with Crippen LogP contribution in [0.4, 0.5) is 5.82 Å². The van der Waals surface area contributed by atoms with Gasteiger partial charge in [-0.1, -0.05) is 25.4 Å². The van der Waals surface area contributed by atoms with E-state index in [4.69, 9.17) is 11.6 Å². The lowest BCUT2D eigenvalue weighted by Gasteiger charge is -2.38. The number of β-amino-alcohol motifs (C(OH)–C–C–N with tert-alkyl or cyclic N) is 1. The van der Waals surface area contributed by atoms with Crippen molar-refractivity contribution in [1.29, 1.82) is 0 Å². The summed E-state index contributed by atoms with van der Waals surface area (Å²) in [6.45, 7) is 9.42. The van der Waals surface area contributed by atoms with Gasteiger partial charge < -0.3 is 10.0 Å². The number of halogens is 1. The molecule has 1 saturated heterocycles. The van der Waals surface area contributed by atoms with Crippen LogP contribution in [0.5, 0.6) is 0 Å². The van der Waals surface area contributed by atoms with Crippen LogP contribution < -0.4 is 4.90 Å². The van der Waals surface area contributed by atoms with E-state index in [0.717, 1.165) is 36.6 Å². The Morgan fingerprint density at radius 2 is 2.05 bits per heavy atom. The molecule has 0 bridgehead atoms. The number of rotatable bonds is 2. The number of nitrogens with zero attached hydrogens (tertiary/aromatic N) is 3. The molecule has 106 valence electrons. The first-order valence-electron chi connectivity index (χ1n) is 6.81. The number of piperidine rings is 1. The van der Waals surface area contributed by atoms with Gasteiger partial charge in [-0.05, 0) is 26.7 Å². The van der Waals surface area contributed by atoms with Gasteiger partial charge >= 0.3 is 0 Å². The summed E-state index contributed by atoms with van der Waals surface area (Å²) in [5.41, 5.74) is 0.240. The minimum absolute atomic E-state index is 0.238. The van der Waals surface area contributed by atoms with Crippen molar-refractivity contribution < 1.29 is 5.11 Å². The van der Waals surface area contributed by atoms with Gasteiger partial charge in [-0.2, -0.15) is 0 Å². The summed E-state index contributed by atoms with van der Waals surface area (Å²) >= 11 is 6.21. The van der Waals surface area contributed by atoms with Crippen LogP contribution in [0.25, 0.3) is 0 Å². The van der Waals surface area contributed by atoms with Gasteiger partial charge in [0, 0.05) is 24.6 Å². The van der Waals surface area contributed by atoms with Gasteiger partial charge in [0.1, 0.15) is 16.8 Å². The standard InChI is InChI=1S/C14H22ClN3O/c1-9(2)12-16-11(15)10(3)13(17-12)18-7-5-6-14(4,19)8-18/h9,19H,5-8H2,1-4H3. The maximum atomic E-state index is 10.2. The maximum Gasteiger partial charge on any atom is 0.137 e. The second-order valence-corrected chi connectivity index (χ2v) is 6.36. The van der Waals surface area contributed by atoms with Gasteiger partial charge in [0.2, 0.25) is 0 Å². The molecule has 0 radical (unpaired) electrons. The Morgan fingerprint density at radius 1 is 1.37 bits per heavy atom. The summed E-state index contributed by atoms with van der Waals surface area (Å²) in [6, 6.07) is 0. The molecule has 1 fully saturated rings. The molecule has 4 nitrogen and oxygen atoms in total. The van der Waals surface area contributed by atoms with Crippen molar-refractivity contribution in [3.05, 3.63) is 16.5 Å². The molecule has 1 aliphatic rings. The van der Waals surface area contributed by atoms with Gasteiger partial charge in [-0.15, -0.1) is 0 Å². The lowest BCUT2D eigenvalue weighted by atomic mass is 9.95. The molecule has 1 unspecified atom stereocenters. The van der Waals surface area contributed by atoms with E-state index in [1.165, 1.54) is 0 Å². The van der Waals surface area contributed by atoms with E-state index < -0.39 is 5.60 Å². The van der Waals surface area contributed by atoms with Crippen molar-refractivity contribution >= 4 is 17.4 Å². The average Bonchev–Trinajstić information content (AvgIpc) is 2.30. The zero-order chi connectivity index (χ0) is 14.2. The Morgan fingerprint density at radius 3 is 2.63 bits per heavy atom. The van der Waals surface area contributed by atoms with E-state index in [1.54, 1.807) is 0 Å². The number of hydrogen-bond donors (Lipinski definition) is 1. The van der Waals surface area contributed by atoms with Crippen molar-refractivity contribution in [3.8, 4) is 0 Å². The average molecular weight is 284 g/mol. The molecule has 0 saturated carbocycles. The van der Waals surface area contributed by atoms with Crippen LogP contribution in [-0.2, 0) is 0 Å². The predicted molar refractivity (Wildman–Crippen MR) is 77.9 cm³/mol. The molecule has 19 heavy (non-hydrogen) atoms. The highest BCUT2D eigenvalue weighted by molar-refractivity contribution is 6.30. The van der Waals surface area contributed by atoms with Crippen molar-refractivity contribution in [3.63, 3.8) is 0 Å². The van der Waals surface area contributed by atoms with Crippen LogP contribution in [-0.4, -0.2) is 33.8 Å². The predicted octanol–water partition coefficient (Wildman–Crippen LogP) is 2.91. The van der Waals surface area contributed by atoms with Crippen molar-refractivity contribution in [2.24, 2.45) is 0 Å². The normalized spacial score (nSPS) is 24.1. The Kier molecular flexibility index (Phi) is 4.02. The third-order valence-electron chi connectivity index (χ3n) is 3.57. The molecule has 1 aliphatic heterocycles. The van der Waals surface area contributed by atoms with Gasteiger partial charge in [0.05, 0.1) is 5.60 Å². The van der Waals surface area contributed by atoms with Crippen molar-refractivity contribution in [2.45, 2.75) is 52.1 Å². The molecule has 1 N–H and O–H groups in total. The van der Waals surface area contributed by atoms with Crippen molar-refractivity contribution in [1.82, 2.24) is 9.97 Å². The second-order valence-electron chi connectivity index (χ2n) is 6.00. The molecule has 0 aliphatic carbocycles. The molecule has 0 amide bonds. The zero-order valence-corrected chi connectivity index (χ0v) is 12.8. The molecule has 2 rings (SSSR count). The van der Waals surface area contributed by atoms with Crippen LogP contribution in [0.2, 0.25) is 5.15 Å². The number of aliphatic hydroxyl groups is 1. The van der Waals surface area contributed by atoms with Gasteiger partial charge in [-0.25, -0.2) is 9.97 Å². The number of anilines is 1. The molecular formula is C14H22ClN3O. The second kappa shape index (κ2) is 5.25. The van der Waals surface area contributed by atoms with Crippen LogP contribution in [0.3, 0.4) is 0 Å². The molecule has 5 heteroatoms. The van der Waals surface area contributed by atoms with Crippen LogP contribution >= 0.6 is 11.6 Å². The molecule has 2 heterocycles. The molecule has 0 aromatic carbocycles. The highest BCUT2D eigenvalue weighted by Crippen LogP contribution is 2.30. The summed E-state index contributed by atoms with van der Waals surface area (Å²) in [7, 11) is 0. The Bertz CT molecular complexity index is 474. The number of hydrogen-bond acceptors (Lipinski definition) is 4. The van der Waals surface area contributed by atoms with E-state index in [-0.39, 0.29) is 5.92 Å². The van der Waals surface area contributed by atoms with Crippen LogP contribution in [0, 0.1) is 6.92 Å². The first kappa shape index (κ1) is 14.5. The molecule has 1 aromatic rings. The summed E-state index contributed by atoms with van der Waals surface area (Å²) < 4.78 is 0. The van der Waals surface area contributed by atoms with Gasteiger partial charge in [-0.3, -0.25) is 0 Å². The lowest BCUT2D eigenvalue weighted by Crippen LogP contribution is -2.46. The molecule has 1 atom stereocenters. The van der Waals surface area contributed by atoms with Crippen molar-refractivity contribution in [2.75, 3.05) is 18.0 Å². The Labute approximate surface area is 119 Å². The fourth-order valence-corrected chi connectivity index (χ4v) is 2.63. The topological polar surface area (TPSA) is 49.2 Å². The maximum absolute atomic E-state index is 10.2. The minimum atomic E-state index is -0.653. The first-order chi connectivity index (χ1) is 8.80. The summed E-state index contributed by atoms with van der Waals surface area (Å²) in [6.07, 6.45) is 1.80. The minimum Gasteiger partial charge on any atom is -0.388 e. The fraction of sp³-hybridized carbons (Fsp3) is 0.714. The quantitative estimate of drug-likeness (QED) is 0.848. The number of aromatic nitrogens is 2. The van der Waals surface area contributed by atoms with Crippen LogP contribution in [0.1, 0.15) is 50.9 Å². The largest absolute Gasteiger partial charge is 0.388 e. The Balaban J connectivity index is 2.38. The van der Waals surface area contributed by atoms with Crippen LogP contribution in [0.15, 0.2) is 0 Å². The SMILES string of the molecule is Cc1c(Cl)nc(C(C)C)nc1N1CCCC(C)(O)C1. The van der Waals surface area contributed by atoms with E-state index in [9.17, 15) is 5.11 Å². The molecular weight excluding hydrogens is 262 g/mol. The first-order valence-corrected chi connectivity index (χ1v) is 7.19. The fourth-order valence-electron chi connectivity index (χ4n) is 2.46. The van der Waals surface area contributed by atoms with E-state index in [1.807, 2.05) is 13.8 Å². The molecule has 0 spiro atoms. The summed E-state index contributed by atoms with van der Waals surface area (Å²) in [5.74, 6) is 1.86. The summed E-state index contributed by atoms with van der Waals surface area (Å²) in [5, 5.41) is 10.7. The third kappa shape index (κ3) is 3.18. The van der Waals surface area contributed by atoms with Gasteiger partial charge in [0.15, 0.2) is 0 Å². The lowest BCUT2D eigenvalue weighted by molar-refractivity contribution is 0.0446. The highest BCUT2D eigenvalue weighted by atomic mass is 35.5. The van der Waals surface area contributed by atoms with Gasteiger partial charge in [0.25, 0.3) is 0 Å². The zero-order valence-electron chi connectivity index (χ0n) is 12.1. The third-order valence-corrected chi connectivity index (χ3v) is 3.94. The highest BCUT2D eigenvalue weighted by Gasteiger charge is 2.30. The Hall–Kier alpha value is -0.870. The monoisotopic (exact) mass is 283 g/mol. The van der Waals surface area contributed by atoms with E-state index in [0.29, 0.717) is 11.7 Å². The molecule has 1 aromatic heterocycles. The smallest absolute Gasteiger partial charge is 0.137 e.